The Balaban J connectivity index is 1.51. The first kappa shape index (κ1) is 20.3. The van der Waals surface area contributed by atoms with Gasteiger partial charge in [0.2, 0.25) is 0 Å². The molecule has 2 heterocycles. The van der Waals surface area contributed by atoms with Gasteiger partial charge in [-0.15, -0.1) is 0 Å². The molecular formula is C22H30N4O2. The largest absolute Gasteiger partial charge is 0.496 e. The Morgan fingerprint density at radius 3 is 2.86 bits per heavy atom. The summed E-state index contributed by atoms with van der Waals surface area (Å²) in [6.07, 6.45) is 6.51. The van der Waals surface area contributed by atoms with Crippen LogP contribution < -0.4 is 4.74 Å². The Labute approximate surface area is 167 Å². The Hall–Kier alpha value is -2.47. The smallest absolute Gasteiger partial charge is 0.273 e. The average Bonchev–Trinajstić information content (AvgIpc) is 2.72. The van der Waals surface area contributed by atoms with Crippen LogP contribution in [0.5, 0.6) is 5.75 Å². The van der Waals surface area contributed by atoms with E-state index in [9.17, 15) is 4.79 Å². The van der Waals surface area contributed by atoms with E-state index in [1.165, 1.54) is 12.0 Å². The fourth-order valence-corrected chi connectivity index (χ4v) is 3.86. The van der Waals surface area contributed by atoms with E-state index >= 15 is 0 Å². The third-order valence-electron chi connectivity index (χ3n) is 5.37. The standard InChI is InChI=1S/C22H30N4O2/c1-17-13-24-20(14-23-17)22(27)25(2)15-18-7-6-11-26(16-18)12-10-19-8-4-5-9-21(19)28-3/h4-5,8-9,13-14,18H,6-7,10-12,15-16H2,1-3H3/t18-/m0/s1. The van der Waals surface area contributed by atoms with Gasteiger partial charge in [0, 0.05) is 32.9 Å². The maximum absolute atomic E-state index is 12.6. The molecule has 1 amide bonds. The third-order valence-corrected chi connectivity index (χ3v) is 5.37. The lowest BCUT2D eigenvalue weighted by molar-refractivity contribution is 0.0724. The summed E-state index contributed by atoms with van der Waals surface area (Å²) in [5.41, 5.74) is 2.48. The summed E-state index contributed by atoms with van der Waals surface area (Å²) in [5.74, 6) is 1.39. The molecule has 2 aromatic rings. The maximum Gasteiger partial charge on any atom is 0.273 e. The van der Waals surface area contributed by atoms with Gasteiger partial charge in [-0.25, -0.2) is 4.98 Å². The predicted molar refractivity (Wildman–Crippen MR) is 110 cm³/mol. The number of aromatic nitrogens is 2. The number of carbonyl (C=O) groups is 1. The monoisotopic (exact) mass is 382 g/mol. The predicted octanol–water partition coefficient (Wildman–Crippen LogP) is 2.82. The minimum atomic E-state index is -0.0568. The number of likely N-dealkylation sites (tertiary alicyclic amines) is 1. The number of methoxy groups -OCH3 is 1. The molecule has 3 rings (SSSR count). The second-order valence-electron chi connectivity index (χ2n) is 7.60. The van der Waals surface area contributed by atoms with E-state index in [0.717, 1.165) is 50.5 Å². The second-order valence-corrected chi connectivity index (χ2v) is 7.60. The molecule has 1 aliphatic rings. The highest BCUT2D eigenvalue weighted by atomic mass is 16.5. The molecule has 0 N–H and O–H groups in total. The molecule has 0 saturated carbocycles. The molecule has 150 valence electrons. The third kappa shape index (κ3) is 5.29. The van der Waals surface area contributed by atoms with Crippen LogP contribution in [0.2, 0.25) is 0 Å². The number of ether oxygens (including phenoxy) is 1. The van der Waals surface area contributed by atoms with Crippen molar-refractivity contribution < 1.29 is 9.53 Å². The topological polar surface area (TPSA) is 58.6 Å². The van der Waals surface area contributed by atoms with Gasteiger partial charge in [-0.05, 0) is 50.3 Å². The quantitative estimate of drug-likeness (QED) is 0.737. The number of carbonyl (C=O) groups excluding carboxylic acids is 1. The van der Waals surface area contributed by atoms with Crippen molar-refractivity contribution in [2.75, 3.05) is 40.3 Å². The van der Waals surface area contributed by atoms with E-state index in [4.69, 9.17) is 4.74 Å². The molecule has 0 radical (unpaired) electrons. The molecule has 1 aromatic carbocycles. The summed E-state index contributed by atoms with van der Waals surface area (Å²) in [7, 11) is 3.58. The normalized spacial score (nSPS) is 17.3. The number of hydrogen-bond acceptors (Lipinski definition) is 5. The van der Waals surface area contributed by atoms with Crippen LogP contribution in [0.25, 0.3) is 0 Å². The summed E-state index contributed by atoms with van der Waals surface area (Å²) < 4.78 is 5.46. The van der Waals surface area contributed by atoms with Gasteiger partial charge >= 0.3 is 0 Å². The van der Waals surface area contributed by atoms with Crippen LogP contribution in [-0.4, -0.2) is 66.0 Å². The van der Waals surface area contributed by atoms with Crippen LogP contribution in [0.4, 0.5) is 0 Å². The number of rotatable bonds is 7. The van der Waals surface area contributed by atoms with Crippen molar-refractivity contribution in [3.63, 3.8) is 0 Å². The Morgan fingerprint density at radius 1 is 1.29 bits per heavy atom. The van der Waals surface area contributed by atoms with Gasteiger partial charge in [-0.1, -0.05) is 18.2 Å². The van der Waals surface area contributed by atoms with Gasteiger partial charge in [0.15, 0.2) is 0 Å². The highest BCUT2D eigenvalue weighted by molar-refractivity contribution is 5.91. The second kappa shape index (κ2) is 9.64. The van der Waals surface area contributed by atoms with Gasteiger partial charge in [0.05, 0.1) is 19.0 Å². The van der Waals surface area contributed by atoms with E-state index in [1.807, 2.05) is 26.1 Å². The lowest BCUT2D eigenvalue weighted by Gasteiger charge is -2.34. The van der Waals surface area contributed by atoms with Gasteiger partial charge in [0.25, 0.3) is 5.91 Å². The summed E-state index contributed by atoms with van der Waals surface area (Å²) >= 11 is 0. The van der Waals surface area contributed by atoms with Crippen molar-refractivity contribution in [1.82, 2.24) is 19.8 Å². The molecule has 1 aromatic heterocycles. The van der Waals surface area contributed by atoms with Crippen molar-refractivity contribution in [2.24, 2.45) is 5.92 Å². The maximum atomic E-state index is 12.6. The lowest BCUT2D eigenvalue weighted by Crippen LogP contribution is -2.42. The van der Waals surface area contributed by atoms with E-state index in [-0.39, 0.29) is 5.91 Å². The first-order chi connectivity index (χ1) is 13.6. The molecule has 1 atom stereocenters. The van der Waals surface area contributed by atoms with Gasteiger partial charge < -0.3 is 14.5 Å². The van der Waals surface area contributed by atoms with Crippen molar-refractivity contribution >= 4 is 5.91 Å². The number of aryl methyl sites for hydroxylation is 1. The van der Waals surface area contributed by atoms with Crippen LogP contribution >= 0.6 is 0 Å². The number of piperidine rings is 1. The molecule has 1 aliphatic heterocycles. The fourth-order valence-electron chi connectivity index (χ4n) is 3.86. The number of amides is 1. The summed E-state index contributed by atoms with van der Waals surface area (Å²) in [5, 5.41) is 0. The van der Waals surface area contributed by atoms with Crippen molar-refractivity contribution in [1.29, 1.82) is 0 Å². The molecule has 0 unspecified atom stereocenters. The van der Waals surface area contributed by atoms with Gasteiger partial charge in [-0.2, -0.15) is 0 Å². The van der Waals surface area contributed by atoms with E-state index < -0.39 is 0 Å². The van der Waals surface area contributed by atoms with Crippen molar-refractivity contribution in [3.8, 4) is 5.75 Å². The first-order valence-corrected chi connectivity index (χ1v) is 9.95. The molecule has 6 heteroatoms. The lowest BCUT2D eigenvalue weighted by atomic mass is 9.97. The van der Waals surface area contributed by atoms with Crippen molar-refractivity contribution in [2.45, 2.75) is 26.2 Å². The Morgan fingerprint density at radius 2 is 2.11 bits per heavy atom. The van der Waals surface area contributed by atoms with Crippen molar-refractivity contribution in [3.05, 3.63) is 53.6 Å². The molecule has 1 saturated heterocycles. The van der Waals surface area contributed by atoms with Crippen LogP contribution in [0.1, 0.15) is 34.6 Å². The van der Waals surface area contributed by atoms with Crippen LogP contribution in [0.15, 0.2) is 36.7 Å². The zero-order valence-electron chi connectivity index (χ0n) is 17.1. The van der Waals surface area contributed by atoms with Crippen LogP contribution in [-0.2, 0) is 6.42 Å². The molecular weight excluding hydrogens is 352 g/mol. The Kier molecular flexibility index (Phi) is 6.98. The molecule has 1 fully saturated rings. The number of benzene rings is 1. The summed E-state index contributed by atoms with van der Waals surface area (Å²) in [6.45, 7) is 5.77. The average molecular weight is 383 g/mol. The minimum absolute atomic E-state index is 0.0568. The van der Waals surface area contributed by atoms with Gasteiger partial charge in [0.1, 0.15) is 11.4 Å². The Bertz CT molecular complexity index is 778. The van der Waals surface area contributed by atoms with E-state index in [2.05, 4.69) is 27.0 Å². The van der Waals surface area contributed by atoms with Crippen LogP contribution in [0, 0.1) is 12.8 Å². The summed E-state index contributed by atoms with van der Waals surface area (Å²) in [4.78, 5) is 25.3. The molecule has 0 bridgehead atoms. The minimum Gasteiger partial charge on any atom is -0.496 e. The first-order valence-electron chi connectivity index (χ1n) is 9.95. The van der Waals surface area contributed by atoms with Gasteiger partial charge in [-0.3, -0.25) is 9.78 Å². The number of hydrogen-bond donors (Lipinski definition) is 0. The van der Waals surface area contributed by atoms with E-state index in [0.29, 0.717) is 11.6 Å². The number of nitrogens with zero attached hydrogens (tertiary/aromatic N) is 4. The molecule has 0 aliphatic carbocycles. The molecule has 6 nitrogen and oxygen atoms in total. The zero-order valence-corrected chi connectivity index (χ0v) is 17.1. The molecule has 0 spiro atoms. The molecule has 28 heavy (non-hydrogen) atoms. The highest BCUT2D eigenvalue weighted by Gasteiger charge is 2.23. The van der Waals surface area contributed by atoms with Crippen LogP contribution in [0.3, 0.4) is 0 Å². The number of para-hydroxylation sites is 1. The zero-order chi connectivity index (χ0) is 19.9. The highest BCUT2D eigenvalue weighted by Crippen LogP contribution is 2.21. The fraction of sp³-hybridized carbons (Fsp3) is 0.500. The SMILES string of the molecule is COc1ccccc1CCN1CCC[C@@H](CN(C)C(=O)c2cnc(C)cn2)C1. The summed E-state index contributed by atoms with van der Waals surface area (Å²) in [6, 6.07) is 8.22. The van der Waals surface area contributed by atoms with E-state index in [1.54, 1.807) is 24.4 Å².